The molecular formula is C16H21O4. The summed E-state index contributed by atoms with van der Waals surface area (Å²) in [4.78, 5) is 21.9. The molecule has 1 saturated carbocycles. The Morgan fingerprint density at radius 2 is 1.85 bits per heavy atom. The van der Waals surface area contributed by atoms with Crippen molar-refractivity contribution in [2.75, 3.05) is 7.11 Å². The van der Waals surface area contributed by atoms with Gasteiger partial charge >= 0.3 is 5.97 Å². The van der Waals surface area contributed by atoms with Crippen molar-refractivity contribution in [2.24, 2.45) is 11.8 Å². The first-order valence-corrected chi connectivity index (χ1v) is 6.97. The fraction of sp³-hybridized carbons (Fsp3) is 0.500. The van der Waals surface area contributed by atoms with E-state index in [1.807, 2.05) is 0 Å². The average Bonchev–Trinajstić information content (AvgIpc) is 2.48. The van der Waals surface area contributed by atoms with E-state index in [1.165, 1.54) is 0 Å². The second-order valence-corrected chi connectivity index (χ2v) is 5.42. The summed E-state index contributed by atoms with van der Waals surface area (Å²) in [7, 11) is 1.58. The molecule has 0 heterocycles. The van der Waals surface area contributed by atoms with Gasteiger partial charge in [-0.15, -0.1) is 0 Å². The Kier molecular flexibility index (Phi) is 5.01. The minimum absolute atomic E-state index is 0.448. The number of ether oxygens (including phenoxy) is 1. The lowest BCUT2D eigenvalue weighted by molar-refractivity contribution is -0.242. The topological polar surface area (TPSA) is 44.8 Å². The lowest BCUT2D eigenvalue weighted by Crippen LogP contribution is -2.22. The van der Waals surface area contributed by atoms with Crippen LogP contribution in [0.25, 0.3) is 0 Å². The highest BCUT2D eigenvalue weighted by Gasteiger charge is 2.27. The smallest absolute Gasteiger partial charge is 0.373 e. The van der Waals surface area contributed by atoms with Gasteiger partial charge in [0, 0.05) is 0 Å². The maximum Gasteiger partial charge on any atom is 0.373 e. The van der Waals surface area contributed by atoms with Crippen molar-refractivity contribution >= 4 is 5.97 Å². The monoisotopic (exact) mass is 277 g/mol. The highest BCUT2D eigenvalue weighted by atomic mass is 17.2. The molecule has 2 rings (SSSR count). The zero-order valence-electron chi connectivity index (χ0n) is 12.2. The van der Waals surface area contributed by atoms with Gasteiger partial charge in [0.15, 0.2) is 0 Å². The highest BCUT2D eigenvalue weighted by molar-refractivity contribution is 5.89. The molecule has 0 amide bonds. The Morgan fingerprint density at radius 1 is 1.15 bits per heavy atom. The lowest BCUT2D eigenvalue weighted by atomic mass is 9.80. The van der Waals surface area contributed by atoms with Crippen LogP contribution in [-0.4, -0.2) is 13.1 Å². The summed E-state index contributed by atoms with van der Waals surface area (Å²) >= 11 is 0. The van der Waals surface area contributed by atoms with E-state index < -0.39 is 5.97 Å². The summed E-state index contributed by atoms with van der Waals surface area (Å²) in [6, 6.07) is 6.74. The van der Waals surface area contributed by atoms with E-state index in [-0.39, 0.29) is 0 Å². The van der Waals surface area contributed by atoms with Crippen molar-refractivity contribution in [3.05, 3.63) is 35.9 Å². The van der Waals surface area contributed by atoms with Crippen LogP contribution in [0.1, 0.15) is 43.5 Å². The summed E-state index contributed by atoms with van der Waals surface area (Å²) in [5, 5.41) is 0. The van der Waals surface area contributed by atoms with Crippen molar-refractivity contribution in [2.45, 2.75) is 33.1 Å². The standard InChI is InChI=1S/C16H21O4/c1-11-4-7-15(10-12(11)2)19-20-16(17)13-5-8-14(18-3)9-6-13/h5-6,8-9,11-12H,4,7,10H2,1-3H3. The van der Waals surface area contributed by atoms with Crippen LogP contribution in [0, 0.1) is 17.9 Å². The fourth-order valence-corrected chi connectivity index (χ4v) is 2.28. The van der Waals surface area contributed by atoms with Gasteiger partial charge in [-0.3, -0.25) is 4.89 Å². The Balaban J connectivity index is 1.82. The number of rotatable bonds is 4. The maximum atomic E-state index is 11.8. The Labute approximate surface area is 120 Å². The van der Waals surface area contributed by atoms with Gasteiger partial charge in [0.05, 0.1) is 12.7 Å². The van der Waals surface area contributed by atoms with E-state index in [0.29, 0.717) is 23.1 Å². The molecule has 0 bridgehead atoms. The molecule has 109 valence electrons. The SMILES string of the molecule is COc1ccc(C(=O)OO[C]2CCC(C)C(C)C2)cc1. The van der Waals surface area contributed by atoms with E-state index in [2.05, 4.69) is 13.8 Å². The van der Waals surface area contributed by atoms with Crippen molar-refractivity contribution in [1.82, 2.24) is 0 Å². The van der Waals surface area contributed by atoms with Gasteiger partial charge in [-0.1, -0.05) is 13.8 Å². The molecule has 4 heteroatoms. The van der Waals surface area contributed by atoms with E-state index in [1.54, 1.807) is 31.4 Å². The molecule has 0 N–H and O–H groups in total. The number of hydrogen-bond donors (Lipinski definition) is 0. The van der Waals surface area contributed by atoms with Crippen molar-refractivity contribution in [1.29, 1.82) is 0 Å². The summed E-state index contributed by atoms with van der Waals surface area (Å²) in [6.07, 6.45) is 3.66. The largest absolute Gasteiger partial charge is 0.497 e. The molecule has 0 spiro atoms. The average molecular weight is 277 g/mol. The number of carbonyl (C=O) groups excluding carboxylic acids is 1. The van der Waals surface area contributed by atoms with E-state index >= 15 is 0 Å². The van der Waals surface area contributed by atoms with Crippen LogP contribution in [0.15, 0.2) is 24.3 Å². The zero-order valence-corrected chi connectivity index (χ0v) is 12.2. The molecule has 1 fully saturated rings. The van der Waals surface area contributed by atoms with Gasteiger partial charge in [-0.05, 0) is 55.4 Å². The van der Waals surface area contributed by atoms with Crippen LogP contribution >= 0.6 is 0 Å². The van der Waals surface area contributed by atoms with Gasteiger partial charge in [-0.25, -0.2) is 4.79 Å². The van der Waals surface area contributed by atoms with Gasteiger partial charge < -0.3 is 4.74 Å². The molecule has 2 atom stereocenters. The summed E-state index contributed by atoms with van der Waals surface area (Å²) in [5.41, 5.74) is 0.448. The summed E-state index contributed by atoms with van der Waals surface area (Å²) < 4.78 is 5.04. The van der Waals surface area contributed by atoms with E-state index in [9.17, 15) is 4.79 Å². The van der Waals surface area contributed by atoms with Crippen molar-refractivity contribution < 1.29 is 19.3 Å². The van der Waals surface area contributed by atoms with Gasteiger partial charge in [0.1, 0.15) is 11.9 Å². The highest BCUT2D eigenvalue weighted by Crippen LogP contribution is 2.35. The Hall–Kier alpha value is -1.55. The van der Waals surface area contributed by atoms with Gasteiger partial charge in [0.25, 0.3) is 0 Å². The number of carbonyl (C=O) groups is 1. The Morgan fingerprint density at radius 3 is 2.45 bits per heavy atom. The maximum absolute atomic E-state index is 11.8. The molecule has 1 aliphatic rings. The first kappa shape index (κ1) is 14.9. The molecule has 4 nitrogen and oxygen atoms in total. The molecule has 20 heavy (non-hydrogen) atoms. The van der Waals surface area contributed by atoms with Crippen LogP contribution in [0.4, 0.5) is 0 Å². The molecule has 1 radical (unpaired) electrons. The first-order chi connectivity index (χ1) is 9.60. The van der Waals surface area contributed by atoms with Gasteiger partial charge in [0.2, 0.25) is 0 Å². The zero-order chi connectivity index (χ0) is 14.5. The van der Waals surface area contributed by atoms with Crippen molar-refractivity contribution in [3.63, 3.8) is 0 Å². The van der Waals surface area contributed by atoms with Crippen LogP contribution in [0.2, 0.25) is 0 Å². The number of methoxy groups -OCH3 is 1. The quantitative estimate of drug-likeness (QED) is 0.620. The minimum Gasteiger partial charge on any atom is -0.497 e. The molecule has 0 saturated heterocycles. The van der Waals surface area contributed by atoms with Crippen LogP contribution in [0.5, 0.6) is 5.75 Å². The molecule has 2 unspecified atom stereocenters. The van der Waals surface area contributed by atoms with Crippen LogP contribution < -0.4 is 4.74 Å². The predicted molar refractivity (Wildman–Crippen MR) is 74.9 cm³/mol. The van der Waals surface area contributed by atoms with E-state index in [4.69, 9.17) is 14.5 Å². The molecule has 0 aromatic heterocycles. The fourth-order valence-electron chi connectivity index (χ4n) is 2.28. The number of hydrogen-bond acceptors (Lipinski definition) is 4. The van der Waals surface area contributed by atoms with Crippen LogP contribution in [-0.2, 0) is 9.78 Å². The predicted octanol–water partition coefficient (Wildman–Crippen LogP) is 3.77. The van der Waals surface area contributed by atoms with E-state index in [0.717, 1.165) is 25.4 Å². The third kappa shape index (κ3) is 3.73. The normalized spacial score (nSPS) is 23.4. The van der Waals surface area contributed by atoms with Gasteiger partial charge in [-0.2, -0.15) is 4.89 Å². The molecule has 1 aromatic rings. The second-order valence-electron chi connectivity index (χ2n) is 5.42. The molecule has 1 aromatic carbocycles. The third-order valence-corrected chi connectivity index (χ3v) is 3.96. The van der Waals surface area contributed by atoms with Crippen LogP contribution in [0.3, 0.4) is 0 Å². The summed E-state index contributed by atoms with van der Waals surface area (Å²) in [5.74, 6) is 1.48. The number of benzene rings is 1. The molecule has 1 aliphatic carbocycles. The third-order valence-electron chi connectivity index (χ3n) is 3.96. The van der Waals surface area contributed by atoms with Crippen molar-refractivity contribution in [3.8, 4) is 5.75 Å². The lowest BCUT2D eigenvalue weighted by Gasteiger charge is -2.29. The Bertz CT molecular complexity index is 440. The first-order valence-electron chi connectivity index (χ1n) is 6.97. The molecule has 0 aliphatic heterocycles. The summed E-state index contributed by atoms with van der Waals surface area (Å²) in [6.45, 7) is 4.43. The minimum atomic E-state index is -0.480. The molecular weight excluding hydrogens is 256 g/mol. The second kappa shape index (κ2) is 6.75.